The number of ether oxygens (including phenoxy) is 1. The number of anilines is 1. The molecule has 1 aromatic carbocycles. The first-order valence-corrected chi connectivity index (χ1v) is 12.1. The molecule has 170 valence electrons. The summed E-state index contributed by atoms with van der Waals surface area (Å²) in [5.74, 6) is -1.56. The van der Waals surface area contributed by atoms with Gasteiger partial charge in [-0.25, -0.2) is 13.8 Å². The Balaban J connectivity index is 1.82. The number of nitrogens with zero attached hydrogens (tertiary/aromatic N) is 4. The zero-order chi connectivity index (χ0) is 22.6. The lowest BCUT2D eigenvalue weighted by atomic mass is 10.2. The van der Waals surface area contributed by atoms with Crippen molar-refractivity contribution in [1.29, 1.82) is 0 Å². The lowest BCUT2D eigenvalue weighted by Crippen LogP contribution is -2.45. The van der Waals surface area contributed by atoms with Gasteiger partial charge in [-0.2, -0.15) is 17.7 Å². The van der Waals surface area contributed by atoms with Crippen LogP contribution in [0, 0.1) is 11.6 Å². The van der Waals surface area contributed by atoms with Crippen molar-refractivity contribution in [1.82, 2.24) is 19.2 Å². The first-order valence-electron chi connectivity index (χ1n) is 9.68. The standard InChI is InChI=1S/C19H25F2N5O3S2/c1-13(11-25(2)3)29-17-10-16(24-31(27,28)26-8-5-9-26)22-19(23-17)30-12-14-6-4-7-15(20)18(14)21/h4,6-7,10,13H,5,8-9,11-12H2,1-3H3,(H,22,23,24). The van der Waals surface area contributed by atoms with Crippen LogP contribution in [0.15, 0.2) is 29.4 Å². The average Bonchev–Trinajstić information content (AvgIpc) is 2.59. The fraction of sp³-hybridized carbons (Fsp3) is 0.474. The molecule has 1 aliphatic rings. The number of hydrogen-bond donors (Lipinski definition) is 1. The van der Waals surface area contributed by atoms with Crippen molar-refractivity contribution in [3.63, 3.8) is 0 Å². The third-order valence-corrected chi connectivity index (χ3v) is 6.81. The van der Waals surface area contributed by atoms with Crippen molar-refractivity contribution in [2.24, 2.45) is 0 Å². The number of benzene rings is 1. The highest BCUT2D eigenvalue weighted by molar-refractivity contribution is 7.98. The smallest absolute Gasteiger partial charge is 0.302 e. The predicted octanol–water partition coefficient (Wildman–Crippen LogP) is 2.74. The van der Waals surface area contributed by atoms with Gasteiger partial charge >= 0.3 is 10.2 Å². The molecule has 2 heterocycles. The number of nitrogens with one attached hydrogen (secondary N) is 1. The molecule has 1 aromatic heterocycles. The summed E-state index contributed by atoms with van der Waals surface area (Å²) in [4.78, 5) is 10.5. The third kappa shape index (κ3) is 6.48. The minimum atomic E-state index is -3.73. The van der Waals surface area contributed by atoms with Crippen LogP contribution in [-0.4, -0.2) is 67.4 Å². The summed E-state index contributed by atoms with van der Waals surface area (Å²) in [5.41, 5.74) is 0.156. The molecule has 1 aliphatic heterocycles. The van der Waals surface area contributed by atoms with Crippen molar-refractivity contribution in [2.75, 3.05) is 38.5 Å². The van der Waals surface area contributed by atoms with E-state index in [0.29, 0.717) is 19.6 Å². The first-order chi connectivity index (χ1) is 14.6. The molecule has 12 heteroatoms. The van der Waals surface area contributed by atoms with E-state index < -0.39 is 21.8 Å². The molecule has 3 rings (SSSR count). The molecule has 1 N–H and O–H groups in total. The Morgan fingerprint density at radius 1 is 1.29 bits per heavy atom. The third-order valence-electron chi connectivity index (χ3n) is 4.40. The van der Waals surface area contributed by atoms with Crippen molar-refractivity contribution in [3.8, 4) is 5.88 Å². The highest BCUT2D eigenvalue weighted by atomic mass is 32.2. The molecule has 0 radical (unpaired) electrons. The molecule has 8 nitrogen and oxygen atoms in total. The zero-order valence-electron chi connectivity index (χ0n) is 17.5. The SMILES string of the molecule is CC(CN(C)C)Oc1cc(NS(=O)(=O)N2CCC2)nc(SCc2cccc(F)c2F)n1. The summed E-state index contributed by atoms with van der Waals surface area (Å²) >= 11 is 1.05. The summed E-state index contributed by atoms with van der Waals surface area (Å²) in [5, 5.41) is 0.180. The zero-order valence-corrected chi connectivity index (χ0v) is 19.1. The summed E-state index contributed by atoms with van der Waals surface area (Å²) in [7, 11) is 0.0815. The van der Waals surface area contributed by atoms with Crippen LogP contribution < -0.4 is 9.46 Å². The summed E-state index contributed by atoms with van der Waals surface area (Å²) < 4.78 is 61.9. The monoisotopic (exact) mass is 473 g/mol. The molecule has 31 heavy (non-hydrogen) atoms. The Morgan fingerprint density at radius 2 is 2.03 bits per heavy atom. The van der Waals surface area contributed by atoms with Gasteiger partial charge in [-0.3, -0.25) is 4.72 Å². The number of rotatable bonds is 10. The van der Waals surface area contributed by atoms with Crippen LogP contribution in [0.1, 0.15) is 18.9 Å². The second kappa shape index (κ2) is 10.1. The maximum absolute atomic E-state index is 14.0. The highest BCUT2D eigenvalue weighted by Crippen LogP contribution is 2.27. The van der Waals surface area contributed by atoms with Crippen molar-refractivity contribution >= 4 is 27.8 Å². The highest BCUT2D eigenvalue weighted by Gasteiger charge is 2.28. The van der Waals surface area contributed by atoms with Gasteiger partial charge in [0.2, 0.25) is 5.88 Å². The van der Waals surface area contributed by atoms with Gasteiger partial charge in [-0.1, -0.05) is 23.9 Å². The number of halogens is 2. The maximum Gasteiger partial charge on any atom is 0.302 e. The minimum absolute atomic E-state index is 0.0520. The lowest BCUT2D eigenvalue weighted by Gasteiger charge is -2.29. The minimum Gasteiger partial charge on any atom is -0.473 e. The lowest BCUT2D eigenvalue weighted by molar-refractivity contribution is 0.169. The van der Waals surface area contributed by atoms with Gasteiger partial charge in [-0.15, -0.1) is 0 Å². The van der Waals surface area contributed by atoms with Gasteiger partial charge in [-0.05, 0) is 33.5 Å². The van der Waals surface area contributed by atoms with Gasteiger partial charge in [0.1, 0.15) is 11.9 Å². The fourth-order valence-corrected chi connectivity index (χ4v) is 4.93. The Bertz CT molecular complexity index is 1020. The van der Waals surface area contributed by atoms with Gasteiger partial charge in [0, 0.05) is 37.0 Å². The van der Waals surface area contributed by atoms with Gasteiger partial charge in [0.15, 0.2) is 16.8 Å². The van der Waals surface area contributed by atoms with Gasteiger partial charge in [0.05, 0.1) is 0 Å². The van der Waals surface area contributed by atoms with Crippen molar-refractivity contribution < 1.29 is 21.9 Å². The molecule has 1 fully saturated rings. The second-order valence-corrected chi connectivity index (χ2v) is 10.0. The van der Waals surface area contributed by atoms with Crippen LogP contribution in [0.4, 0.5) is 14.6 Å². The van der Waals surface area contributed by atoms with E-state index in [1.165, 1.54) is 22.5 Å². The second-order valence-electron chi connectivity index (χ2n) is 7.43. The van der Waals surface area contributed by atoms with Gasteiger partial charge < -0.3 is 9.64 Å². The van der Waals surface area contributed by atoms with Crippen molar-refractivity contribution in [3.05, 3.63) is 41.5 Å². The Labute approximate surface area is 185 Å². The van der Waals surface area contributed by atoms with Crippen LogP contribution in [0.3, 0.4) is 0 Å². The van der Waals surface area contributed by atoms with Crippen LogP contribution in [0.2, 0.25) is 0 Å². The average molecular weight is 474 g/mol. The normalized spacial score (nSPS) is 15.5. The maximum atomic E-state index is 14.0. The van der Waals surface area contributed by atoms with Crippen LogP contribution in [0.5, 0.6) is 5.88 Å². The topological polar surface area (TPSA) is 87.7 Å². The Hall–Kier alpha value is -2.02. The van der Waals surface area contributed by atoms with Crippen LogP contribution >= 0.6 is 11.8 Å². The first kappa shape index (κ1) is 23.6. The number of hydrogen-bond acceptors (Lipinski definition) is 7. The molecule has 2 aromatic rings. The molecule has 1 atom stereocenters. The molecule has 0 aliphatic carbocycles. The molecule has 1 saturated heterocycles. The fourth-order valence-electron chi connectivity index (χ4n) is 2.87. The molecule has 0 amide bonds. The summed E-state index contributed by atoms with van der Waals surface area (Å²) in [6.45, 7) is 3.38. The van der Waals surface area contributed by atoms with Gasteiger partial charge in [0.25, 0.3) is 0 Å². The van der Waals surface area contributed by atoms with E-state index in [4.69, 9.17) is 4.74 Å². The number of aromatic nitrogens is 2. The van der Waals surface area contributed by atoms with E-state index in [0.717, 1.165) is 24.2 Å². The molecule has 0 saturated carbocycles. The van der Waals surface area contributed by atoms with E-state index in [-0.39, 0.29) is 34.3 Å². The predicted molar refractivity (Wildman–Crippen MR) is 115 cm³/mol. The van der Waals surface area contributed by atoms with E-state index in [2.05, 4.69) is 14.7 Å². The Kier molecular flexibility index (Phi) is 7.68. The quantitative estimate of drug-likeness (QED) is 0.419. The molecule has 0 bridgehead atoms. The van der Waals surface area contributed by atoms with E-state index >= 15 is 0 Å². The largest absolute Gasteiger partial charge is 0.473 e. The van der Waals surface area contributed by atoms with Crippen LogP contribution in [-0.2, 0) is 16.0 Å². The van der Waals surface area contributed by atoms with E-state index in [9.17, 15) is 17.2 Å². The summed E-state index contributed by atoms with van der Waals surface area (Å²) in [6.07, 6.45) is 0.588. The molecule has 0 spiro atoms. The summed E-state index contributed by atoms with van der Waals surface area (Å²) in [6, 6.07) is 5.35. The number of likely N-dealkylation sites (N-methyl/N-ethyl adjacent to an activating group) is 1. The molecule has 1 unspecified atom stereocenters. The number of thioether (sulfide) groups is 1. The van der Waals surface area contributed by atoms with E-state index in [1.54, 1.807) is 0 Å². The van der Waals surface area contributed by atoms with E-state index in [1.807, 2.05) is 25.9 Å². The van der Waals surface area contributed by atoms with Crippen molar-refractivity contribution in [2.45, 2.75) is 30.4 Å². The Morgan fingerprint density at radius 3 is 2.68 bits per heavy atom. The van der Waals surface area contributed by atoms with Crippen LogP contribution in [0.25, 0.3) is 0 Å². The molecular weight excluding hydrogens is 448 g/mol. The molecular formula is C19H25F2N5O3S2.